The van der Waals surface area contributed by atoms with E-state index in [1.54, 1.807) is 18.3 Å². The zero-order valence-electron chi connectivity index (χ0n) is 10.3. The third-order valence-corrected chi connectivity index (χ3v) is 3.35. The van der Waals surface area contributed by atoms with Crippen LogP contribution in [-0.4, -0.2) is 18.8 Å². The number of ether oxygens (including phenoxy) is 1. The van der Waals surface area contributed by atoms with Crippen molar-refractivity contribution < 1.29 is 17.9 Å². The Bertz CT molecular complexity index is 517. The average Bonchev–Trinajstić information content (AvgIpc) is 2.72. The quantitative estimate of drug-likeness (QED) is 0.892. The van der Waals surface area contributed by atoms with Crippen LogP contribution in [-0.2, 0) is 6.42 Å². The van der Waals surface area contributed by atoms with Crippen molar-refractivity contribution in [2.75, 3.05) is 6.61 Å². The second kappa shape index (κ2) is 6.14. The number of rotatable bonds is 4. The van der Waals surface area contributed by atoms with Gasteiger partial charge in [0.15, 0.2) is 6.61 Å². The van der Waals surface area contributed by atoms with Gasteiger partial charge in [-0.05, 0) is 24.1 Å². The van der Waals surface area contributed by atoms with Crippen LogP contribution in [0.1, 0.15) is 12.0 Å². The first kappa shape index (κ1) is 15.3. The molecule has 1 aliphatic rings. The highest BCUT2D eigenvalue weighted by Gasteiger charge is 2.28. The van der Waals surface area contributed by atoms with Crippen molar-refractivity contribution in [2.24, 2.45) is 0 Å². The minimum atomic E-state index is -4.38. The van der Waals surface area contributed by atoms with Crippen molar-refractivity contribution in [2.45, 2.75) is 25.1 Å². The maximum absolute atomic E-state index is 12.1. The molecule has 0 fully saturated rings. The summed E-state index contributed by atoms with van der Waals surface area (Å²) in [6.07, 6.45) is -1.22. The summed E-state index contributed by atoms with van der Waals surface area (Å²) >= 11 is 11.8. The second-order valence-electron chi connectivity index (χ2n) is 4.53. The van der Waals surface area contributed by atoms with E-state index in [2.05, 4.69) is 10.1 Å². The number of hydrogen-bond acceptors (Lipinski definition) is 2. The molecule has 1 aromatic rings. The summed E-state index contributed by atoms with van der Waals surface area (Å²) in [6.45, 7) is -1.35. The summed E-state index contributed by atoms with van der Waals surface area (Å²) in [5, 5.41) is 4.04. The van der Waals surface area contributed by atoms with Crippen LogP contribution in [0.5, 0.6) is 5.75 Å². The molecule has 0 saturated heterocycles. The molecule has 2 rings (SSSR count). The first-order valence-electron chi connectivity index (χ1n) is 5.92. The molecule has 0 spiro atoms. The van der Waals surface area contributed by atoms with E-state index in [0.29, 0.717) is 6.42 Å². The Labute approximate surface area is 124 Å². The Morgan fingerprint density at radius 1 is 1.30 bits per heavy atom. The number of hydrogen-bond donors (Lipinski definition) is 1. The fourth-order valence-corrected chi connectivity index (χ4v) is 2.43. The minimum absolute atomic E-state index is 0.0308. The van der Waals surface area contributed by atoms with Crippen LogP contribution in [0.15, 0.2) is 29.4 Å². The van der Waals surface area contributed by atoms with Gasteiger partial charge >= 0.3 is 6.18 Å². The van der Waals surface area contributed by atoms with Gasteiger partial charge in [0.05, 0.1) is 5.02 Å². The van der Waals surface area contributed by atoms with E-state index in [1.807, 2.05) is 0 Å². The van der Waals surface area contributed by atoms with Gasteiger partial charge in [0.25, 0.3) is 0 Å². The number of nitrogens with one attached hydrogen (secondary N) is 1. The molecule has 1 N–H and O–H groups in total. The van der Waals surface area contributed by atoms with Crippen LogP contribution in [0.3, 0.4) is 0 Å². The molecule has 20 heavy (non-hydrogen) atoms. The lowest BCUT2D eigenvalue weighted by molar-refractivity contribution is -0.153. The first-order valence-corrected chi connectivity index (χ1v) is 6.67. The van der Waals surface area contributed by atoms with Crippen molar-refractivity contribution >= 4 is 23.2 Å². The number of halogens is 5. The predicted octanol–water partition coefficient (Wildman–Crippen LogP) is 4.27. The molecule has 0 saturated carbocycles. The third kappa shape index (κ3) is 4.49. The molecule has 1 unspecified atom stereocenters. The Balaban J connectivity index is 1.95. The molecular weight excluding hydrogens is 314 g/mol. The monoisotopic (exact) mass is 325 g/mol. The fourth-order valence-electron chi connectivity index (χ4n) is 1.93. The number of benzene rings is 1. The molecule has 1 aliphatic heterocycles. The summed E-state index contributed by atoms with van der Waals surface area (Å²) in [4.78, 5) is 0. The summed E-state index contributed by atoms with van der Waals surface area (Å²) in [5.74, 6) is 0.0308. The van der Waals surface area contributed by atoms with Gasteiger partial charge in [-0.15, -0.1) is 0 Å². The summed E-state index contributed by atoms with van der Waals surface area (Å²) < 4.78 is 40.8. The molecule has 0 amide bonds. The van der Waals surface area contributed by atoms with Crippen molar-refractivity contribution in [3.05, 3.63) is 40.0 Å². The Hall–Kier alpha value is -1.07. The standard InChI is InChI=1S/C13H12Cl2F3NO/c14-9-5-10(19-6-9)3-8-1-2-12(11(15)4-8)20-7-13(16,17)18/h1-2,4,6,10,19H,3,5,7H2. The van der Waals surface area contributed by atoms with E-state index in [1.165, 1.54) is 6.07 Å². The largest absolute Gasteiger partial charge is 0.483 e. The summed E-state index contributed by atoms with van der Waals surface area (Å²) in [5.41, 5.74) is 0.909. The van der Waals surface area contributed by atoms with Gasteiger partial charge in [0, 0.05) is 23.7 Å². The molecule has 2 nitrogen and oxygen atoms in total. The van der Waals surface area contributed by atoms with Gasteiger partial charge in [0.1, 0.15) is 5.75 Å². The number of alkyl halides is 3. The molecule has 110 valence electrons. The molecule has 1 aromatic carbocycles. The maximum atomic E-state index is 12.1. The SMILES string of the molecule is FC(F)(F)COc1ccc(CC2CC(Cl)=CN2)cc1Cl. The van der Waals surface area contributed by atoms with Gasteiger partial charge in [-0.2, -0.15) is 13.2 Å². The van der Waals surface area contributed by atoms with Crippen LogP contribution < -0.4 is 10.1 Å². The Kier molecular flexibility index (Phi) is 4.70. The maximum Gasteiger partial charge on any atom is 0.422 e. The van der Waals surface area contributed by atoms with Crippen molar-refractivity contribution in [1.29, 1.82) is 0 Å². The van der Waals surface area contributed by atoms with Crippen molar-refractivity contribution in [3.8, 4) is 5.75 Å². The van der Waals surface area contributed by atoms with Crippen LogP contribution in [0.25, 0.3) is 0 Å². The van der Waals surface area contributed by atoms with E-state index in [0.717, 1.165) is 17.0 Å². The van der Waals surface area contributed by atoms with Gasteiger partial charge in [-0.25, -0.2) is 0 Å². The molecule has 0 radical (unpaired) electrons. The highest BCUT2D eigenvalue weighted by molar-refractivity contribution is 6.32. The van der Waals surface area contributed by atoms with Crippen molar-refractivity contribution in [3.63, 3.8) is 0 Å². The summed E-state index contributed by atoms with van der Waals surface area (Å²) in [6, 6.07) is 4.94. The van der Waals surface area contributed by atoms with Gasteiger partial charge in [-0.1, -0.05) is 29.3 Å². The Morgan fingerprint density at radius 2 is 2.05 bits per heavy atom. The van der Waals surface area contributed by atoms with Crippen LogP contribution >= 0.6 is 23.2 Å². The second-order valence-corrected chi connectivity index (χ2v) is 5.42. The smallest absolute Gasteiger partial charge is 0.422 e. The van der Waals surface area contributed by atoms with Crippen LogP contribution in [0, 0.1) is 0 Å². The minimum Gasteiger partial charge on any atom is -0.483 e. The lowest BCUT2D eigenvalue weighted by atomic mass is 10.0. The van der Waals surface area contributed by atoms with E-state index in [4.69, 9.17) is 23.2 Å². The molecule has 1 heterocycles. The highest BCUT2D eigenvalue weighted by Crippen LogP contribution is 2.29. The lowest BCUT2D eigenvalue weighted by Gasteiger charge is -2.14. The van der Waals surface area contributed by atoms with Gasteiger partial charge < -0.3 is 10.1 Å². The van der Waals surface area contributed by atoms with E-state index in [9.17, 15) is 13.2 Å². The zero-order chi connectivity index (χ0) is 14.8. The molecule has 0 aromatic heterocycles. The van der Waals surface area contributed by atoms with E-state index < -0.39 is 12.8 Å². The highest BCUT2D eigenvalue weighted by atomic mass is 35.5. The molecule has 0 bridgehead atoms. The average molecular weight is 326 g/mol. The van der Waals surface area contributed by atoms with Gasteiger partial charge in [0.2, 0.25) is 0 Å². The third-order valence-electron chi connectivity index (χ3n) is 2.79. The fraction of sp³-hybridized carbons (Fsp3) is 0.385. The molecule has 7 heteroatoms. The van der Waals surface area contributed by atoms with E-state index >= 15 is 0 Å². The predicted molar refractivity (Wildman–Crippen MR) is 72.2 cm³/mol. The topological polar surface area (TPSA) is 21.3 Å². The zero-order valence-corrected chi connectivity index (χ0v) is 11.8. The lowest BCUT2D eigenvalue weighted by Crippen LogP contribution is -2.22. The molecule has 1 atom stereocenters. The van der Waals surface area contributed by atoms with Crippen LogP contribution in [0.4, 0.5) is 13.2 Å². The van der Waals surface area contributed by atoms with E-state index in [-0.39, 0.29) is 16.8 Å². The molecule has 0 aliphatic carbocycles. The summed E-state index contributed by atoms with van der Waals surface area (Å²) in [7, 11) is 0. The van der Waals surface area contributed by atoms with Gasteiger partial charge in [-0.3, -0.25) is 0 Å². The first-order chi connectivity index (χ1) is 9.33. The normalized spacial score (nSPS) is 18.6. The Morgan fingerprint density at radius 3 is 2.60 bits per heavy atom. The van der Waals surface area contributed by atoms with Crippen molar-refractivity contribution in [1.82, 2.24) is 5.32 Å². The van der Waals surface area contributed by atoms with Crippen LogP contribution in [0.2, 0.25) is 5.02 Å². The molecular formula is C13H12Cl2F3NO.